The number of nitrogens with zero attached hydrogens (tertiary/aromatic N) is 3. The van der Waals surface area contributed by atoms with Gasteiger partial charge >= 0.3 is 12.1 Å². The zero-order chi connectivity index (χ0) is 33.1. The van der Waals surface area contributed by atoms with E-state index in [1.807, 2.05) is 39.8 Å². The molecule has 0 aliphatic carbocycles. The molecule has 1 fully saturated rings. The topological polar surface area (TPSA) is 114 Å². The van der Waals surface area contributed by atoms with Crippen molar-refractivity contribution in [3.8, 4) is 22.8 Å². The van der Waals surface area contributed by atoms with Crippen LogP contribution in [0.2, 0.25) is 0 Å². The van der Waals surface area contributed by atoms with Crippen molar-refractivity contribution in [3.05, 3.63) is 35.2 Å². The molecule has 10 nitrogen and oxygen atoms in total. The van der Waals surface area contributed by atoms with Gasteiger partial charge < -0.3 is 24.3 Å². The highest BCUT2D eigenvalue weighted by atomic mass is 16.6. The van der Waals surface area contributed by atoms with Crippen molar-refractivity contribution in [3.63, 3.8) is 0 Å². The molecule has 0 amide bonds. The highest BCUT2D eigenvalue weighted by molar-refractivity contribution is 5.98. The maximum absolute atomic E-state index is 14.1. The molecule has 1 unspecified atom stereocenters. The Kier molecular flexibility index (Phi) is 10.5. The van der Waals surface area contributed by atoms with E-state index in [2.05, 4.69) is 33.0 Å². The Morgan fingerprint density at radius 1 is 1.00 bits per heavy atom. The molecule has 1 aliphatic heterocycles. The van der Waals surface area contributed by atoms with Crippen LogP contribution in [0.25, 0.3) is 22.4 Å². The molecule has 2 aromatic heterocycles. The van der Waals surface area contributed by atoms with Crippen molar-refractivity contribution in [1.82, 2.24) is 19.9 Å². The van der Waals surface area contributed by atoms with Gasteiger partial charge in [-0.25, -0.2) is 24.1 Å². The Balaban J connectivity index is 2.04. The first-order chi connectivity index (χ1) is 21.2. The molecule has 1 saturated heterocycles. The Labute approximate surface area is 267 Å². The van der Waals surface area contributed by atoms with Gasteiger partial charge in [0.25, 0.3) is 0 Å². The number of fused-ring (bicyclic) bond motifs is 1. The van der Waals surface area contributed by atoms with E-state index in [1.54, 1.807) is 20.3 Å². The van der Waals surface area contributed by atoms with Gasteiger partial charge in [0.2, 0.25) is 0 Å². The standard InChI is InChI=1S/C35H50N4O6/c1-11-13-26(34(3,4)5)44-32(40)29-27(21-16-18-36-19-17-21)38-31-28(37-29)23(12-2)30(39(31)33(41)45-35(6,7)8)22-14-15-24(42-9)25(20-22)43-10/h14-15,20-21,26,36H,11-13,16-19H2,1-10H3. The minimum absolute atomic E-state index is 0.0263. The number of ether oxygens (including phenoxy) is 4. The molecule has 0 bridgehead atoms. The minimum Gasteiger partial charge on any atom is -0.493 e. The lowest BCUT2D eigenvalue weighted by Crippen LogP contribution is -2.33. The third-order valence-electron chi connectivity index (χ3n) is 8.18. The van der Waals surface area contributed by atoms with E-state index in [-0.39, 0.29) is 23.1 Å². The summed E-state index contributed by atoms with van der Waals surface area (Å²) < 4.78 is 24.7. The van der Waals surface area contributed by atoms with Gasteiger partial charge in [0.05, 0.1) is 25.6 Å². The average Bonchev–Trinajstić information content (AvgIpc) is 3.32. The summed E-state index contributed by atoms with van der Waals surface area (Å²) in [6, 6.07) is 5.50. The predicted molar refractivity (Wildman–Crippen MR) is 175 cm³/mol. The second kappa shape index (κ2) is 13.8. The second-order valence-corrected chi connectivity index (χ2v) is 13.8. The summed E-state index contributed by atoms with van der Waals surface area (Å²) in [6.45, 7) is 17.4. The molecule has 0 radical (unpaired) electrons. The van der Waals surface area contributed by atoms with Gasteiger partial charge in [-0.05, 0) is 83.2 Å². The van der Waals surface area contributed by atoms with Gasteiger partial charge in [-0.1, -0.05) is 41.0 Å². The molecule has 1 aromatic carbocycles. The lowest BCUT2D eigenvalue weighted by Gasteiger charge is -2.30. The lowest BCUT2D eigenvalue weighted by atomic mass is 9.86. The molecule has 1 atom stereocenters. The van der Waals surface area contributed by atoms with Gasteiger partial charge in [0.1, 0.15) is 17.2 Å². The van der Waals surface area contributed by atoms with Crippen molar-refractivity contribution >= 4 is 23.2 Å². The molecule has 3 heterocycles. The number of hydrogen-bond donors (Lipinski definition) is 1. The summed E-state index contributed by atoms with van der Waals surface area (Å²) in [6.07, 6.45) is 2.86. The number of piperidine rings is 1. The van der Waals surface area contributed by atoms with Crippen LogP contribution in [0.3, 0.4) is 0 Å². The number of aromatic nitrogens is 3. The van der Waals surface area contributed by atoms with Gasteiger partial charge in [-0.15, -0.1) is 0 Å². The number of methoxy groups -OCH3 is 2. The molecule has 1 N–H and O–H groups in total. The molecular formula is C35H50N4O6. The number of aryl methyl sites for hydroxylation is 1. The summed E-state index contributed by atoms with van der Waals surface area (Å²) >= 11 is 0. The van der Waals surface area contributed by atoms with Gasteiger partial charge in [0.15, 0.2) is 22.8 Å². The minimum atomic E-state index is -0.759. The summed E-state index contributed by atoms with van der Waals surface area (Å²) in [5.41, 5.74) is 2.66. The van der Waals surface area contributed by atoms with Gasteiger partial charge in [-0.2, -0.15) is 0 Å². The number of esters is 1. The Morgan fingerprint density at radius 3 is 2.22 bits per heavy atom. The zero-order valence-corrected chi connectivity index (χ0v) is 28.6. The van der Waals surface area contributed by atoms with Crippen molar-refractivity contribution in [2.75, 3.05) is 27.3 Å². The van der Waals surface area contributed by atoms with E-state index < -0.39 is 17.7 Å². The van der Waals surface area contributed by atoms with E-state index in [1.165, 1.54) is 4.57 Å². The predicted octanol–water partition coefficient (Wildman–Crippen LogP) is 7.30. The quantitative estimate of drug-likeness (QED) is 0.246. The van der Waals surface area contributed by atoms with Crippen LogP contribution >= 0.6 is 0 Å². The molecule has 45 heavy (non-hydrogen) atoms. The Morgan fingerprint density at radius 2 is 1.67 bits per heavy atom. The smallest absolute Gasteiger partial charge is 0.420 e. The molecule has 3 aromatic rings. The third-order valence-corrected chi connectivity index (χ3v) is 8.18. The SMILES string of the molecule is CCCC(OC(=O)c1nc2c(CC)c(-c3ccc(OC)c(OC)c3)n(C(=O)OC(C)(C)C)c2nc1C1CCNCC1)C(C)(C)C. The molecule has 0 saturated carbocycles. The molecule has 10 heteroatoms. The van der Waals surface area contributed by atoms with Crippen molar-refractivity contribution in [2.45, 2.75) is 105 Å². The fourth-order valence-electron chi connectivity index (χ4n) is 5.90. The first kappa shape index (κ1) is 34.2. The maximum Gasteiger partial charge on any atom is 0.420 e. The fourth-order valence-corrected chi connectivity index (χ4v) is 5.90. The molecule has 0 spiro atoms. The highest BCUT2D eigenvalue weighted by Gasteiger charge is 2.35. The first-order valence-corrected chi connectivity index (χ1v) is 16.1. The fraction of sp³-hybridized carbons (Fsp3) is 0.600. The number of benzene rings is 1. The molecular weight excluding hydrogens is 572 g/mol. The third kappa shape index (κ3) is 7.43. The first-order valence-electron chi connectivity index (χ1n) is 16.1. The van der Waals surface area contributed by atoms with Crippen molar-refractivity contribution in [1.29, 1.82) is 0 Å². The normalized spacial score (nSPS) is 15.2. The van der Waals surface area contributed by atoms with E-state index in [0.717, 1.165) is 44.3 Å². The second-order valence-electron chi connectivity index (χ2n) is 13.8. The van der Waals surface area contributed by atoms with Crippen LogP contribution < -0.4 is 14.8 Å². The van der Waals surface area contributed by atoms with E-state index in [0.29, 0.717) is 46.0 Å². The van der Waals surface area contributed by atoms with Crippen LogP contribution in [0.5, 0.6) is 11.5 Å². The van der Waals surface area contributed by atoms with Crippen LogP contribution in [0.4, 0.5) is 4.79 Å². The summed E-state index contributed by atoms with van der Waals surface area (Å²) in [5.74, 6) is 0.574. The number of rotatable bonds is 9. The van der Waals surface area contributed by atoms with Crippen LogP contribution in [-0.4, -0.2) is 65.6 Å². The molecule has 246 valence electrons. The average molecular weight is 623 g/mol. The number of hydrogen-bond acceptors (Lipinski definition) is 9. The van der Waals surface area contributed by atoms with Gasteiger partial charge in [-0.3, -0.25) is 0 Å². The Hall–Kier alpha value is -3.66. The van der Waals surface area contributed by atoms with Crippen LogP contribution in [0, 0.1) is 5.41 Å². The number of nitrogens with one attached hydrogen (secondary N) is 1. The van der Waals surface area contributed by atoms with Crippen LogP contribution in [0.1, 0.15) is 109 Å². The van der Waals surface area contributed by atoms with Crippen LogP contribution in [-0.2, 0) is 15.9 Å². The number of carbonyl (C=O) groups is 2. The monoisotopic (exact) mass is 622 g/mol. The van der Waals surface area contributed by atoms with Crippen molar-refractivity contribution < 1.29 is 28.5 Å². The zero-order valence-electron chi connectivity index (χ0n) is 28.6. The summed E-state index contributed by atoms with van der Waals surface area (Å²) in [7, 11) is 3.15. The Bertz CT molecular complexity index is 1530. The summed E-state index contributed by atoms with van der Waals surface area (Å²) in [5, 5.41) is 3.39. The maximum atomic E-state index is 14.1. The summed E-state index contributed by atoms with van der Waals surface area (Å²) in [4.78, 5) is 38.2. The van der Waals surface area contributed by atoms with E-state index in [4.69, 9.17) is 28.9 Å². The van der Waals surface area contributed by atoms with Gasteiger partial charge in [0, 0.05) is 17.0 Å². The molecule has 4 rings (SSSR count). The van der Waals surface area contributed by atoms with E-state index >= 15 is 0 Å². The highest BCUT2D eigenvalue weighted by Crippen LogP contribution is 2.39. The number of carbonyl (C=O) groups excluding carboxylic acids is 2. The van der Waals surface area contributed by atoms with E-state index in [9.17, 15) is 9.59 Å². The van der Waals surface area contributed by atoms with Crippen molar-refractivity contribution in [2.24, 2.45) is 5.41 Å². The molecule has 1 aliphatic rings. The largest absolute Gasteiger partial charge is 0.493 e. The van der Waals surface area contributed by atoms with Crippen LogP contribution in [0.15, 0.2) is 18.2 Å². The lowest BCUT2D eigenvalue weighted by molar-refractivity contribution is -0.00697.